The number of ether oxygens (including phenoxy) is 1. The molecular weight excluding hydrogens is 352 g/mol. The van der Waals surface area contributed by atoms with Gasteiger partial charge in [0.15, 0.2) is 0 Å². The smallest absolute Gasteiger partial charge is 0.259 e. The fraction of sp³-hybridized carbons (Fsp3) is 0.130. The van der Waals surface area contributed by atoms with Crippen LogP contribution in [0.25, 0.3) is 0 Å². The first-order valence-corrected chi connectivity index (χ1v) is 8.97. The van der Waals surface area contributed by atoms with Gasteiger partial charge in [-0.05, 0) is 48.9 Å². The third-order valence-electron chi connectivity index (χ3n) is 4.07. The van der Waals surface area contributed by atoms with Gasteiger partial charge in [-0.25, -0.2) is 0 Å². The molecular formula is C23H22N2O3. The van der Waals surface area contributed by atoms with Crippen molar-refractivity contribution in [3.05, 3.63) is 89.5 Å². The van der Waals surface area contributed by atoms with E-state index in [2.05, 4.69) is 16.7 Å². The lowest BCUT2D eigenvalue weighted by Gasteiger charge is -2.12. The minimum absolute atomic E-state index is 0.142. The van der Waals surface area contributed by atoms with E-state index in [1.807, 2.05) is 31.2 Å². The van der Waals surface area contributed by atoms with E-state index in [0.717, 1.165) is 11.1 Å². The Hall–Kier alpha value is -3.60. The van der Waals surface area contributed by atoms with Gasteiger partial charge in [0, 0.05) is 18.3 Å². The third-order valence-corrected chi connectivity index (χ3v) is 4.07. The summed E-state index contributed by atoms with van der Waals surface area (Å²) in [5.74, 6) is 0.125. The van der Waals surface area contributed by atoms with Crippen LogP contribution in [0.5, 0.6) is 5.75 Å². The van der Waals surface area contributed by atoms with E-state index in [4.69, 9.17) is 4.74 Å². The molecule has 0 saturated carbocycles. The maximum absolute atomic E-state index is 12.7. The van der Waals surface area contributed by atoms with Crippen LogP contribution in [0.4, 0.5) is 11.4 Å². The quantitative estimate of drug-likeness (QED) is 0.652. The summed E-state index contributed by atoms with van der Waals surface area (Å²) in [7, 11) is 0. The number of hydrogen-bond acceptors (Lipinski definition) is 3. The molecule has 0 spiro atoms. The van der Waals surface area contributed by atoms with Gasteiger partial charge in [-0.2, -0.15) is 0 Å². The first kappa shape index (κ1) is 19.2. The highest BCUT2D eigenvalue weighted by atomic mass is 16.5. The molecule has 0 aliphatic rings. The molecule has 3 aromatic carbocycles. The molecule has 0 fully saturated rings. The van der Waals surface area contributed by atoms with Crippen LogP contribution in [0.2, 0.25) is 0 Å². The fourth-order valence-corrected chi connectivity index (χ4v) is 2.78. The van der Waals surface area contributed by atoms with Crippen molar-refractivity contribution >= 4 is 23.2 Å². The number of aryl methyl sites for hydroxylation is 1. The number of carbonyl (C=O) groups is 2. The summed E-state index contributed by atoms with van der Waals surface area (Å²) >= 11 is 0. The molecule has 0 radical (unpaired) electrons. The van der Waals surface area contributed by atoms with E-state index >= 15 is 0 Å². The van der Waals surface area contributed by atoms with Gasteiger partial charge in [-0.15, -0.1) is 0 Å². The van der Waals surface area contributed by atoms with E-state index in [9.17, 15) is 9.59 Å². The SMILES string of the molecule is CC(=O)Nc1ccc(NC(=O)c2ccccc2OCc2cccc(C)c2)cc1. The molecule has 142 valence electrons. The van der Waals surface area contributed by atoms with Crippen molar-refractivity contribution in [1.29, 1.82) is 0 Å². The zero-order valence-corrected chi connectivity index (χ0v) is 15.9. The number of hydrogen-bond donors (Lipinski definition) is 2. The van der Waals surface area contributed by atoms with Crippen molar-refractivity contribution in [2.24, 2.45) is 0 Å². The Morgan fingerprint density at radius 1 is 0.857 bits per heavy atom. The van der Waals surface area contributed by atoms with Crippen LogP contribution in [-0.2, 0) is 11.4 Å². The average molecular weight is 374 g/mol. The zero-order valence-electron chi connectivity index (χ0n) is 15.9. The molecule has 3 aromatic rings. The van der Waals surface area contributed by atoms with Gasteiger partial charge in [-0.3, -0.25) is 9.59 Å². The second-order valence-corrected chi connectivity index (χ2v) is 6.49. The van der Waals surface area contributed by atoms with Gasteiger partial charge >= 0.3 is 0 Å². The Morgan fingerprint density at radius 3 is 2.21 bits per heavy atom. The molecule has 2 N–H and O–H groups in total. The van der Waals surface area contributed by atoms with Crippen LogP contribution in [0, 0.1) is 6.92 Å². The van der Waals surface area contributed by atoms with Gasteiger partial charge in [0.2, 0.25) is 5.91 Å². The normalized spacial score (nSPS) is 10.2. The van der Waals surface area contributed by atoms with Crippen molar-refractivity contribution < 1.29 is 14.3 Å². The van der Waals surface area contributed by atoms with Crippen molar-refractivity contribution in [3.63, 3.8) is 0 Å². The number of rotatable bonds is 6. The number of carbonyl (C=O) groups excluding carboxylic acids is 2. The predicted molar refractivity (Wildman–Crippen MR) is 111 cm³/mol. The lowest BCUT2D eigenvalue weighted by Crippen LogP contribution is -2.14. The number of amides is 2. The highest BCUT2D eigenvalue weighted by molar-refractivity contribution is 6.06. The van der Waals surface area contributed by atoms with Gasteiger partial charge in [-0.1, -0.05) is 42.0 Å². The molecule has 0 heterocycles. The second-order valence-electron chi connectivity index (χ2n) is 6.49. The highest BCUT2D eigenvalue weighted by Gasteiger charge is 2.12. The molecule has 0 atom stereocenters. The van der Waals surface area contributed by atoms with Gasteiger partial charge in [0.25, 0.3) is 5.91 Å². The summed E-state index contributed by atoms with van der Waals surface area (Å²) < 4.78 is 5.89. The molecule has 3 rings (SSSR count). The van der Waals surface area contributed by atoms with Crippen LogP contribution in [0.15, 0.2) is 72.8 Å². The van der Waals surface area contributed by atoms with Gasteiger partial charge < -0.3 is 15.4 Å². The molecule has 0 aliphatic carbocycles. The molecule has 0 bridgehead atoms. The molecule has 5 heteroatoms. The average Bonchev–Trinajstić information content (AvgIpc) is 2.68. The molecule has 0 saturated heterocycles. The lowest BCUT2D eigenvalue weighted by molar-refractivity contribution is -0.114. The largest absolute Gasteiger partial charge is 0.488 e. The molecule has 0 unspecified atom stereocenters. The second kappa shape index (κ2) is 8.86. The predicted octanol–water partition coefficient (Wildman–Crippen LogP) is 4.78. The van der Waals surface area contributed by atoms with Crippen LogP contribution in [0.1, 0.15) is 28.4 Å². The first-order valence-electron chi connectivity index (χ1n) is 8.97. The van der Waals surface area contributed by atoms with E-state index in [0.29, 0.717) is 29.3 Å². The number of benzene rings is 3. The summed E-state index contributed by atoms with van der Waals surface area (Å²) in [5.41, 5.74) is 3.97. The van der Waals surface area contributed by atoms with Crippen LogP contribution >= 0.6 is 0 Å². The maximum Gasteiger partial charge on any atom is 0.259 e. The van der Waals surface area contributed by atoms with Crippen molar-refractivity contribution in [1.82, 2.24) is 0 Å². The fourth-order valence-electron chi connectivity index (χ4n) is 2.78. The van der Waals surface area contributed by atoms with E-state index in [1.54, 1.807) is 42.5 Å². The summed E-state index contributed by atoms with van der Waals surface area (Å²) in [6.07, 6.45) is 0. The summed E-state index contributed by atoms with van der Waals surface area (Å²) in [4.78, 5) is 23.8. The van der Waals surface area contributed by atoms with Crippen LogP contribution < -0.4 is 15.4 Å². The number of nitrogens with one attached hydrogen (secondary N) is 2. The Labute approximate surface area is 164 Å². The third kappa shape index (κ3) is 5.20. The van der Waals surface area contributed by atoms with E-state index in [-0.39, 0.29) is 11.8 Å². The molecule has 28 heavy (non-hydrogen) atoms. The Balaban J connectivity index is 1.69. The van der Waals surface area contributed by atoms with Crippen molar-refractivity contribution in [3.8, 4) is 5.75 Å². The molecule has 0 aliphatic heterocycles. The molecule has 2 amide bonds. The van der Waals surface area contributed by atoms with Gasteiger partial charge in [0.1, 0.15) is 12.4 Å². The van der Waals surface area contributed by atoms with E-state index < -0.39 is 0 Å². The topological polar surface area (TPSA) is 67.4 Å². The Bertz CT molecular complexity index is 981. The first-order chi connectivity index (χ1) is 13.5. The van der Waals surface area contributed by atoms with Crippen molar-refractivity contribution in [2.45, 2.75) is 20.5 Å². The lowest BCUT2D eigenvalue weighted by atomic mass is 10.1. The van der Waals surface area contributed by atoms with Crippen LogP contribution in [-0.4, -0.2) is 11.8 Å². The number of anilines is 2. The Morgan fingerprint density at radius 2 is 1.54 bits per heavy atom. The number of para-hydroxylation sites is 1. The molecule has 5 nitrogen and oxygen atoms in total. The van der Waals surface area contributed by atoms with Crippen LogP contribution in [0.3, 0.4) is 0 Å². The summed E-state index contributed by atoms with van der Waals surface area (Å²) in [6.45, 7) is 3.86. The zero-order chi connectivity index (χ0) is 19.9. The standard InChI is InChI=1S/C23H22N2O3/c1-16-6-5-7-18(14-16)15-28-22-9-4-3-8-21(22)23(27)25-20-12-10-19(11-13-20)24-17(2)26/h3-14H,15H2,1-2H3,(H,24,26)(H,25,27). The maximum atomic E-state index is 12.7. The minimum atomic E-state index is -0.257. The molecule has 0 aromatic heterocycles. The van der Waals surface area contributed by atoms with E-state index in [1.165, 1.54) is 6.92 Å². The minimum Gasteiger partial charge on any atom is -0.488 e. The van der Waals surface area contributed by atoms with Gasteiger partial charge in [0.05, 0.1) is 5.56 Å². The summed E-state index contributed by atoms with van der Waals surface area (Å²) in [6, 6.07) is 22.1. The Kier molecular flexibility index (Phi) is 6.07. The van der Waals surface area contributed by atoms with Crippen molar-refractivity contribution in [2.75, 3.05) is 10.6 Å². The monoisotopic (exact) mass is 374 g/mol. The summed E-state index contributed by atoms with van der Waals surface area (Å²) in [5, 5.41) is 5.55. The highest BCUT2D eigenvalue weighted by Crippen LogP contribution is 2.22.